The van der Waals surface area contributed by atoms with Crippen molar-refractivity contribution in [3.8, 4) is 5.88 Å². The van der Waals surface area contributed by atoms with E-state index in [1.54, 1.807) is 12.3 Å². The Balaban J connectivity index is 1.99. The molecular weight excluding hydrogens is 242 g/mol. The molecule has 5 heteroatoms. The quantitative estimate of drug-likeness (QED) is 0.830. The standard InChI is InChI=1S/C14H17N3O2/c1-2-19-13-6-7-15-14(17-13)16-9-11-4-3-5-12(8-11)10-18/h3-8,18H,2,9-10H2,1H3,(H,15,16,17). The number of nitrogens with one attached hydrogen (secondary N) is 1. The molecule has 1 aromatic carbocycles. The summed E-state index contributed by atoms with van der Waals surface area (Å²) in [5, 5.41) is 12.2. The summed E-state index contributed by atoms with van der Waals surface area (Å²) in [6.45, 7) is 3.14. The fourth-order valence-electron chi connectivity index (χ4n) is 1.67. The van der Waals surface area contributed by atoms with E-state index >= 15 is 0 Å². The van der Waals surface area contributed by atoms with Gasteiger partial charge in [0.15, 0.2) is 0 Å². The van der Waals surface area contributed by atoms with Gasteiger partial charge in [-0.05, 0) is 18.1 Å². The number of hydrogen-bond donors (Lipinski definition) is 2. The van der Waals surface area contributed by atoms with Crippen LogP contribution in [0.4, 0.5) is 5.95 Å². The highest BCUT2D eigenvalue weighted by Crippen LogP contribution is 2.10. The number of anilines is 1. The third kappa shape index (κ3) is 3.93. The van der Waals surface area contributed by atoms with Crippen molar-refractivity contribution in [2.24, 2.45) is 0 Å². The summed E-state index contributed by atoms with van der Waals surface area (Å²) >= 11 is 0. The third-order valence-corrected chi connectivity index (χ3v) is 2.55. The first-order valence-corrected chi connectivity index (χ1v) is 6.20. The average Bonchev–Trinajstić information content (AvgIpc) is 2.46. The van der Waals surface area contributed by atoms with Crippen LogP contribution in [-0.4, -0.2) is 21.7 Å². The Kier molecular flexibility index (Phi) is 4.69. The van der Waals surface area contributed by atoms with E-state index in [1.165, 1.54) is 0 Å². The highest BCUT2D eigenvalue weighted by molar-refractivity contribution is 5.31. The fourth-order valence-corrected chi connectivity index (χ4v) is 1.67. The second kappa shape index (κ2) is 6.70. The molecule has 1 heterocycles. The number of aliphatic hydroxyl groups is 1. The third-order valence-electron chi connectivity index (χ3n) is 2.55. The van der Waals surface area contributed by atoms with Crippen molar-refractivity contribution in [3.05, 3.63) is 47.7 Å². The number of ether oxygens (including phenoxy) is 1. The van der Waals surface area contributed by atoms with Gasteiger partial charge in [0.05, 0.1) is 13.2 Å². The molecule has 0 spiro atoms. The zero-order valence-corrected chi connectivity index (χ0v) is 10.8. The molecule has 1 aromatic heterocycles. The Bertz CT molecular complexity index is 532. The van der Waals surface area contributed by atoms with Gasteiger partial charge in [0, 0.05) is 18.8 Å². The molecule has 2 rings (SSSR count). The lowest BCUT2D eigenvalue weighted by molar-refractivity contribution is 0.281. The zero-order valence-electron chi connectivity index (χ0n) is 10.8. The van der Waals surface area contributed by atoms with Crippen molar-refractivity contribution in [1.82, 2.24) is 9.97 Å². The molecule has 5 nitrogen and oxygen atoms in total. The van der Waals surface area contributed by atoms with Gasteiger partial charge in [0.1, 0.15) is 0 Å². The molecule has 0 aliphatic heterocycles. The van der Waals surface area contributed by atoms with Crippen LogP contribution in [0.3, 0.4) is 0 Å². The smallest absolute Gasteiger partial charge is 0.226 e. The Morgan fingerprint density at radius 2 is 2.11 bits per heavy atom. The zero-order chi connectivity index (χ0) is 13.5. The van der Waals surface area contributed by atoms with Gasteiger partial charge in [-0.15, -0.1) is 0 Å². The molecule has 0 fully saturated rings. The molecule has 0 amide bonds. The van der Waals surface area contributed by atoms with E-state index in [1.807, 2.05) is 31.2 Å². The maximum absolute atomic E-state index is 9.08. The first-order valence-electron chi connectivity index (χ1n) is 6.20. The Morgan fingerprint density at radius 1 is 1.26 bits per heavy atom. The van der Waals surface area contributed by atoms with E-state index in [0.717, 1.165) is 11.1 Å². The second-order valence-corrected chi connectivity index (χ2v) is 3.98. The minimum atomic E-state index is 0.0458. The highest BCUT2D eigenvalue weighted by Gasteiger charge is 2.00. The number of hydrogen-bond acceptors (Lipinski definition) is 5. The van der Waals surface area contributed by atoms with Crippen molar-refractivity contribution < 1.29 is 9.84 Å². The van der Waals surface area contributed by atoms with Gasteiger partial charge in [-0.3, -0.25) is 0 Å². The van der Waals surface area contributed by atoms with Crippen LogP contribution >= 0.6 is 0 Å². The largest absolute Gasteiger partial charge is 0.478 e. The van der Waals surface area contributed by atoms with E-state index in [2.05, 4.69) is 15.3 Å². The molecule has 2 aromatic rings. The van der Waals surface area contributed by atoms with Crippen LogP contribution in [0.2, 0.25) is 0 Å². The van der Waals surface area contributed by atoms with E-state index in [0.29, 0.717) is 25.0 Å². The molecule has 0 radical (unpaired) electrons. The molecular formula is C14H17N3O2. The molecule has 0 bridgehead atoms. The predicted molar refractivity (Wildman–Crippen MR) is 72.9 cm³/mol. The molecule has 2 N–H and O–H groups in total. The van der Waals surface area contributed by atoms with Crippen LogP contribution < -0.4 is 10.1 Å². The normalized spacial score (nSPS) is 10.2. The second-order valence-electron chi connectivity index (χ2n) is 3.98. The van der Waals surface area contributed by atoms with Gasteiger partial charge in [-0.25, -0.2) is 4.98 Å². The van der Waals surface area contributed by atoms with Crippen molar-refractivity contribution >= 4 is 5.95 Å². The maximum atomic E-state index is 9.08. The van der Waals surface area contributed by atoms with Crippen molar-refractivity contribution in [1.29, 1.82) is 0 Å². The molecule has 0 aliphatic rings. The van der Waals surface area contributed by atoms with E-state index in [-0.39, 0.29) is 6.61 Å². The molecule has 100 valence electrons. The van der Waals surface area contributed by atoms with E-state index in [4.69, 9.17) is 9.84 Å². The minimum Gasteiger partial charge on any atom is -0.478 e. The lowest BCUT2D eigenvalue weighted by Gasteiger charge is -2.07. The molecule has 0 saturated heterocycles. The summed E-state index contributed by atoms with van der Waals surface area (Å²) < 4.78 is 5.31. The Hall–Kier alpha value is -2.14. The Morgan fingerprint density at radius 3 is 2.89 bits per heavy atom. The van der Waals surface area contributed by atoms with Crippen LogP contribution in [0.15, 0.2) is 36.5 Å². The van der Waals surface area contributed by atoms with Crippen molar-refractivity contribution in [3.63, 3.8) is 0 Å². The lowest BCUT2D eigenvalue weighted by atomic mass is 10.1. The Labute approximate surface area is 112 Å². The van der Waals surface area contributed by atoms with Gasteiger partial charge in [0.25, 0.3) is 0 Å². The SMILES string of the molecule is CCOc1ccnc(NCc2cccc(CO)c2)n1. The maximum Gasteiger partial charge on any atom is 0.226 e. The van der Waals surface area contributed by atoms with E-state index < -0.39 is 0 Å². The number of benzene rings is 1. The first kappa shape index (κ1) is 13.3. The monoisotopic (exact) mass is 259 g/mol. The molecule has 0 aliphatic carbocycles. The van der Waals surface area contributed by atoms with Crippen molar-refractivity contribution in [2.45, 2.75) is 20.1 Å². The van der Waals surface area contributed by atoms with Gasteiger partial charge in [0.2, 0.25) is 11.8 Å². The minimum absolute atomic E-state index is 0.0458. The van der Waals surface area contributed by atoms with Crippen LogP contribution in [-0.2, 0) is 13.2 Å². The molecule has 0 saturated carbocycles. The molecule has 19 heavy (non-hydrogen) atoms. The van der Waals surface area contributed by atoms with Crippen LogP contribution in [0, 0.1) is 0 Å². The van der Waals surface area contributed by atoms with Crippen LogP contribution in [0.5, 0.6) is 5.88 Å². The summed E-state index contributed by atoms with van der Waals surface area (Å²) in [6, 6.07) is 9.45. The van der Waals surface area contributed by atoms with Gasteiger partial charge in [-0.1, -0.05) is 24.3 Å². The fraction of sp³-hybridized carbons (Fsp3) is 0.286. The summed E-state index contributed by atoms with van der Waals surface area (Å²) in [5.74, 6) is 1.09. The summed E-state index contributed by atoms with van der Waals surface area (Å²) in [6.07, 6.45) is 1.66. The molecule has 0 atom stereocenters. The topological polar surface area (TPSA) is 67.3 Å². The first-order chi connectivity index (χ1) is 9.31. The number of rotatable bonds is 6. The van der Waals surface area contributed by atoms with Gasteiger partial charge in [-0.2, -0.15) is 4.98 Å². The summed E-state index contributed by atoms with van der Waals surface area (Å²) in [4.78, 5) is 8.35. The van der Waals surface area contributed by atoms with Crippen LogP contribution in [0.1, 0.15) is 18.1 Å². The number of aliphatic hydroxyl groups excluding tert-OH is 1. The van der Waals surface area contributed by atoms with E-state index in [9.17, 15) is 0 Å². The van der Waals surface area contributed by atoms with Gasteiger partial charge < -0.3 is 15.2 Å². The number of nitrogens with zero attached hydrogens (tertiary/aromatic N) is 2. The molecule has 0 unspecified atom stereocenters. The highest BCUT2D eigenvalue weighted by atomic mass is 16.5. The predicted octanol–water partition coefficient (Wildman–Crippen LogP) is 1.98. The number of aromatic nitrogens is 2. The summed E-state index contributed by atoms with van der Waals surface area (Å²) in [5.41, 5.74) is 1.96. The van der Waals surface area contributed by atoms with Crippen molar-refractivity contribution in [2.75, 3.05) is 11.9 Å². The average molecular weight is 259 g/mol. The van der Waals surface area contributed by atoms with Crippen LogP contribution in [0.25, 0.3) is 0 Å². The lowest BCUT2D eigenvalue weighted by Crippen LogP contribution is -2.05. The summed E-state index contributed by atoms with van der Waals surface area (Å²) in [7, 11) is 0. The van der Waals surface area contributed by atoms with Gasteiger partial charge >= 0.3 is 0 Å².